The van der Waals surface area contributed by atoms with Gasteiger partial charge in [-0.1, -0.05) is 60.7 Å². The minimum atomic E-state index is -0.589. The number of carbonyl (C=O) groups excluding carboxylic acids is 2. The van der Waals surface area contributed by atoms with E-state index in [1.165, 1.54) is 11.0 Å². The van der Waals surface area contributed by atoms with Crippen molar-refractivity contribution in [2.75, 3.05) is 6.61 Å². The number of ether oxygens (including phenoxy) is 1. The van der Waals surface area contributed by atoms with Crippen molar-refractivity contribution < 1.29 is 14.3 Å². The fraction of sp³-hybridized carbons (Fsp3) is 0.0455. The van der Waals surface area contributed by atoms with E-state index in [1.54, 1.807) is 36.4 Å². The second-order valence-electron chi connectivity index (χ2n) is 6.25. The molecule has 0 saturated carbocycles. The van der Waals surface area contributed by atoms with Crippen LogP contribution in [0.2, 0.25) is 0 Å². The zero-order valence-electron chi connectivity index (χ0n) is 15.3. The fourth-order valence-corrected chi connectivity index (χ4v) is 2.83. The number of benzene rings is 3. The summed E-state index contributed by atoms with van der Waals surface area (Å²) in [5.41, 5.74) is 3.50. The summed E-state index contributed by atoms with van der Waals surface area (Å²) >= 11 is 0. The maximum Gasteiger partial charge on any atom is 0.338 e. The summed E-state index contributed by atoms with van der Waals surface area (Å²) in [6, 6.07) is 23.7. The standard InChI is InChI=1S/C22H16N4O3/c27-21(18-11-9-17(10-12-18)16-5-2-1-3-6-16)14-29-22(28)19-7-4-8-20(13-19)26-15-23-24-25-26/h1-13,15H,14H2. The van der Waals surface area contributed by atoms with E-state index in [1.807, 2.05) is 42.5 Å². The Morgan fingerprint density at radius 2 is 1.59 bits per heavy atom. The highest BCUT2D eigenvalue weighted by Crippen LogP contribution is 2.19. The van der Waals surface area contributed by atoms with E-state index in [0.29, 0.717) is 16.8 Å². The van der Waals surface area contributed by atoms with Crippen molar-refractivity contribution in [2.45, 2.75) is 0 Å². The molecule has 0 radical (unpaired) electrons. The Balaban J connectivity index is 1.39. The van der Waals surface area contributed by atoms with Crippen LogP contribution in [-0.4, -0.2) is 38.6 Å². The van der Waals surface area contributed by atoms with Crippen LogP contribution in [0.25, 0.3) is 16.8 Å². The third kappa shape index (κ3) is 4.24. The molecule has 7 nitrogen and oxygen atoms in total. The molecule has 0 aliphatic heterocycles. The van der Waals surface area contributed by atoms with Crippen molar-refractivity contribution in [3.63, 3.8) is 0 Å². The van der Waals surface area contributed by atoms with E-state index < -0.39 is 5.97 Å². The lowest BCUT2D eigenvalue weighted by Crippen LogP contribution is -2.14. The van der Waals surface area contributed by atoms with Crippen molar-refractivity contribution in [3.8, 4) is 16.8 Å². The smallest absolute Gasteiger partial charge is 0.338 e. The lowest BCUT2D eigenvalue weighted by molar-refractivity contribution is 0.0474. The molecule has 0 bridgehead atoms. The van der Waals surface area contributed by atoms with Crippen LogP contribution in [-0.2, 0) is 4.74 Å². The second-order valence-corrected chi connectivity index (χ2v) is 6.25. The SMILES string of the molecule is O=C(COC(=O)c1cccc(-n2cnnn2)c1)c1ccc(-c2ccccc2)cc1. The molecule has 0 fully saturated rings. The van der Waals surface area contributed by atoms with Gasteiger partial charge in [-0.2, -0.15) is 0 Å². The molecule has 1 heterocycles. The summed E-state index contributed by atoms with van der Waals surface area (Å²) in [5.74, 6) is -0.858. The zero-order chi connectivity index (χ0) is 20.1. The molecule has 29 heavy (non-hydrogen) atoms. The lowest BCUT2D eigenvalue weighted by Gasteiger charge is -2.07. The van der Waals surface area contributed by atoms with E-state index >= 15 is 0 Å². The Kier molecular flexibility index (Phi) is 5.20. The predicted molar refractivity (Wildman–Crippen MR) is 106 cm³/mol. The Labute approximate surface area is 166 Å². The summed E-state index contributed by atoms with van der Waals surface area (Å²) in [4.78, 5) is 24.7. The first kappa shape index (κ1) is 18.2. The molecule has 0 aliphatic carbocycles. The average Bonchev–Trinajstić information content (AvgIpc) is 3.33. The third-order valence-corrected chi connectivity index (χ3v) is 4.34. The van der Waals surface area contributed by atoms with Gasteiger partial charge in [0.05, 0.1) is 11.3 Å². The molecule has 0 amide bonds. The quantitative estimate of drug-likeness (QED) is 0.374. The minimum Gasteiger partial charge on any atom is -0.454 e. The van der Waals surface area contributed by atoms with Crippen molar-refractivity contribution in [2.24, 2.45) is 0 Å². The van der Waals surface area contributed by atoms with Crippen LogP contribution in [0.5, 0.6) is 0 Å². The van der Waals surface area contributed by atoms with E-state index in [0.717, 1.165) is 11.1 Å². The Hall–Kier alpha value is -4.13. The van der Waals surface area contributed by atoms with E-state index in [2.05, 4.69) is 15.5 Å². The van der Waals surface area contributed by atoms with Gasteiger partial charge in [-0.3, -0.25) is 4.79 Å². The van der Waals surface area contributed by atoms with E-state index in [9.17, 15) is 9.59 Å². The number of rotatable bonds is 6. The second kappa shape index (κ2) is 8.26. The molecule has 1 aromatic heterocycles. The molecule has 0 unspecified atom stereocenters. The van der Waals surface area contributed by atoms with Crippen LogP contribution < -0.4 is 0 Å². The first-order valence-corrected chi connectivity index (χ1v) is 8.90. The molecule has 4 aromatic rings. The Morgan fingerprint density at radius 1 is 0.828 bits per heavy atom. The average molecular weight is 384 g/mol. The van der Waals surface area contributed by atoms with Crippen LogP contribution in [0.1, 0.15) is 20.7 Å². The molecule has 0 saturated heterocycles. The number of ketones is 1. The van der Waals surface area contributed by atoms with Crippen molar-refractivity contribution in [1.29, 1.82) is 0 Å². The van der Waals surface area contributed by atoms with Gasteiger partial charge in [0.15, 0.2) is 12.4 Å². The molecular weight excluding hydrogens is 368 g/mol. The molecule has 7 heteroatoms. The van der Waals surface area contributed by atoms with Gasteiger partial charge in [0.2, 0.25) is 0 Å². The van der Waals surface area contributed by atoms with Gasteiger partial charge in [0, 0.05) is 5.56 Å². The molecule has 142 valence electrons. The normalized spacial score (nSPS) is 10.5. The third-order valence-electron chi connectivity index (χ3n) is 4.34. The summed E-state index contributed by atoms with van der Waals surface area (Å²) in [6.45, 7) is -0.335. The van der Waals surface area contributed by atoms with Gasteiger partial charge in [-0.25, -0.2) is 9.48 Å². The molecule has 4 rings (SSSR count). The van der Waals surface area contributed by atoms with Crippen molar-refractivity contribution in [3.05, 3.63) is 96.3 Å². The Bertz CT molecular complexity index is 1120. The summed E-state index contributed by atoms with van der Waals surface area (Å²) in [6.07, 6.45) is 1.42. The Morgan fingerprint density at radius 3 is 2.31 bits per heavy atom. The summed E-state index contributed by atoms with van der Waals surface area (Å²) in [7, 11) is 0. The topological polar surface area (TPSA) is 87.0 Å². The monoisotopic (exact) mass is 384 g/mol. The van der Waals surface area contributed by atoms with Crippen LogP contribution in [0.3, 0.4) is 0 Å². The highest BCUT2D eigenvalue weighted by molar-refractivity contribution is 5.99. The largest absolute Gasteiger partial charge is 0.454 e. The zero-order valence-corrected chi connectivity index (χ0v) is 15.3. The first-order chi connectivity index (χ1) is 14.2. The van der Waals surface area contributed by atoms with Gasteiger partial charge in [-0.05, 0) is 39.8 Å². The predicted octanol–water partition coefficient (Wildman–Crippen LogP) is 3.37. The van der Waals surface area contributed by atoms with Crippen LogP contribution in [0.4, 0.5) is 0 Å². The molecular formula is C22H16N4O3. The van der Waals surface area contributed by atoms with Gasteiger partial charge in [0.25, 0.3) is 0 Å². The molecule has 0 atom stereocenters. The number of hydrogen-bond donors (Lipinski definition) is 0. The van der Waals surface area contributed by atoms with E-state index in [-0.39, 0.29) is 12.4 Å². The van der Waals surface area contributed by atoms with Gasteiger partial charge < -0.3 is 4.74 Å². The minimum absolute atomic E-state index is 0.269. The van der Waals surface area contributed by atoms with Gasteiger partial charge in [0.1, 0.15) is 6.33 Å². The summed E-state index contributed by atoms with van der Waals surface area (Å²) in [5, 5.41) is 10.9. The van der Waals surface area contributed by atoms with Gasteiger partial charge >= 0.3 is 5.97 Å². The molecule has 0 N–H and O–H groups in total. The lowest BCUT2D eigenvalue weighted by atomic mass is 10.0. The maximum absolute atomic E-state index is 12.4. The number of Topliss-reactive ketones (excluding diaryl/α,β-unsaturated/α-hetero) is 1. The number of hydrogen-bond acceptors (Lipinski definition) is 6. The number of esters is 1. The first-order valence-electron chi connectivity index (χ1n) is 8.90. The molecule has 3 aromatic carbocycles. The summed E-state index contributed by atoms with van der Waals surface area (Å²) < 4.78 is 6.61. The number of carbonyl (C=O) groups is 2. The maximum atomic E-state index is 12.4. The van der Waals surface area contributed by atoms with Crippen molar-refractivity contribution >= 4 is 11.8 Å². The number of tetrazole rings is 1. The highest BCUT2D eigenvalue weighted by atomic mass is 16.5. The molecule has 0 aliphatic rings. The van der Waals surface area contributed by atoms with Crippen LogP contribution in [0, 0.1) is 0 Å². The van der Waals surface area contributed by atoms with Gasteiger partial charge in [-0.15, -0.1) is 5.10 Å². The van der Waals surface area contributed by atoms with Crippen molar-refractivity contribution in [1.82, 2.24) is 20.2 Å². The number of nitrogens with zero attached hydrogens (tertiary/aromatic N) is 4. The fourth-order valence-electron chi connectivity index (χ4n) is 2.83. The van der Waals surface area contributed by atoms with Crippen LogP contribution in [0.15, 0.2) is 85.2 Å². The molecule has 0 spiro atoms. The highest BCUT2D eigenvalue weighted by Gasteiger charge is 2.13. The van der Waals surface area contributed by atoms with E-state index in [4.69, 9.17) is 4.74 Å². The van der Waals surface area contributed by atoms with Crippen LogP contribution >= 0.6 is 0 Å². The number of aromatic nitrogens is 4.